The Morgan fingerprint density at radius 2 is 2.00 bits per heavy atom. The van der Waals surface area contributed by atoms with Gasteiger partial charge in [-0.2, -0.15) is 0 Å². The maximum atomic E-state index is 8.84. The zero-order valence-corrected chi connectivity index (χ0v) is 11.2. The van der Waals surface area contributed by atoms with Crippen molar-refractivity contribution in [2.45, 2.75) is 38.5 Å². The van der Waals surface area contributed by atoms with E-state index in [9.17, 15) is 0 Å². The second kappa shape index (κ2) is 5.57. The molecule has 0 unspecified atom stereocenters. The lowest BCUT2D eigenvalue weighted by Crippen LogP contribution is -2.02. The molecule has 19 heavy (non-hydrogen) atoms. The van der Waals surface area contributed by atoms with Crippen LogP contribution in [-0.2, 0) is 19.3 Å². The van der Waals surface area contributed by atoms with Gasteiger partial charge in [0.15, 0.2) is 0 Å². The minimum Gasteiger partial charge on any atom is -0.396 e. The SMILES string of the molecule is OCCCc1ncc(-c2ccc3c(c2)CCCC3)[nH]1. The molecular formula is C16H20N2O. The van der Waals surface area contributed by atoms with Crippen molar-refractivity contribution in [1.82, 2.24) is 9.97 Å². The Bertz CT molecular complexity index is 560. The second-order valence-electron chi connectivity index (χ2n) is 5.26. The van der Waals surface area contributed by atoms with E-state index in [1.807, 2.05) is 6.20 Å². The Hall–Kier alpha value is -1.61. The van der Waals surface area contributed by atoms with Crippen LogP contribution in [0.5, 0.6) is 0 Å². The number of nitrogens with one attached hydrogen (secondary N) is 1. The van der Waals surface area contributed by atoms with E-state index in [0.717, 1.165) is 24.4 Å². The maximum Gasteiger partial charge on any atom is 0.106 e. The molecule has 0 aliphatic heterocycles. The predicted molar refractivity (Wildman–Crippen MR) is 76.1 cm³/mol. The van der Waals surface area contributed by atoms with Gasteiger partial charge in [-0.15, -0.1) is 0 Å². The zero-order chi connectivity index (χ0) is 13.1. The average molecular weight is 256 g/mol. The van der Waals surface area contributed by atoms with Gasteiger partial charge >= 0.3 is 0 Å². The lowest BCUT2D eigenvalue weighted by atomic mass is 9.90. The van der Waals surface area contributed by atoms with Gasteiger partial charge in [-0.25, -0.2) is 4.98 Å². The summed E-state index contributed by atoms with van der Waals surface area (Å²) >= 11 is 0. The summed E-state index contributed by atoms with van der Waals surface area (Å²) in [5.74, 6) is 0.960. The van der Waals surface area contributed by atoms with E-state index < -0.39 is 0 Å². The van der Waals surface area contributed by atoms with E-state index >= 15 is 0 Å². The molecule has 1 aliphatic rings. The highest BCUT2D eigenvalue weighted by Gasteiger charge is 2.11. The number of rotatable bonds is 4. The second-order valence-corrected chi connectivity index (χ2v) is 5.26. The lowest BCUT2D eigenvalue weighted by Gasteiger charge is -2.16. The summed E-state index contributed by atoms with van der Waals surface area (Å²) in [6.45, 7) is 0.217. The van der Waals surface area contributed by atoms with Gasteiger partial charge < -0.3 is 10.1 Å². The fourth-order valence-electron chi connectivity index (χ4n) is 2.78. The Labute approximate surface area is 113 Å². The highest BCUT2D eigenvalue weighted by atomic mass is 16.2. The highest BCUT2D eigenvalue weighted by molar-refractivity contribution is 5.60. The maximum absolute atomic E-state index is 8.84. The molecule has 0 saturated carbocycles. The van der Waals surface area contributed by atoms with E-state index in [4.69, 9.17) is 5.11 Å². The summed E-state index contributed by atoms with van der Waals surface area (Å²) in [6.07, 6.45) is 8.52. The van der Waals surface area contributed by atoms with Crippen LogP contribution >= 0.6 is 0 Å². The number of hydrogen-bond donors (Lipinski definition) is 2. The minimum atomic E-state index is 0.217. The van der Waals surface area contributed by atoms with Crippen molar-refractivity contribution in [1.29, 1.82) is 0 Å². The first-order valence-electron chi connectivity index (χ1n) is 7.14. The molecule has 100 valence electrons. The summed E-state index contributed by atoms with van der Waals surface area (Å²) < 4.78 is 0. The number of aromatic amines is 1. The van der Waals surface area contributed by atoms with Crippen LogP contribution in [0.2, 0.25) is 0 Å². The number of aliphatic hydroxyl groups is 1. The van der Waals surface area contributed by atoms with Crippen molar-refractivity contribution < 1.29 is 5.11 Å². The summed E-state index contributed by atoms with van der Waals surface area (Å²) in [5, 5.41) is 8.84. The first kappa shape index (κ1) is 12.4. The standard InChI is InChI=1S/C16H20N2O/c19-9-3-6-16-17-11-15(18-16)14-8-7-12-4-1-2-5-13(12)10-14/h7-8,10-11,19H,1-6,9H2,(H,17,18). The minimum absolute atomic E-state index is 0.217. The third kappa shape index (κ3) is 2.71. The molecule has 1 heterocycles. The molecule has 1 aliphatic carbocycles. The fourth-order valence-corrected chi connectivity index (χ4v) is 2.78. The third-order valence-corrected chi connectivity index (χ3v) is 3.86. The molecule has 2 aromatic rings. The van der Waals surface area contributed by atoms with Crippen molar-refractivity contribution in [3.63, 3.8) is 0 Å². The van der Waals surface area contributed by atoms with Gasteiger partial charge in [0, 0.05) is 13.0 Å². The fraction of sp³-hybridized carbons (Fsp3) is 0.438. The smallest absolute Gasteiger partial charge is 0.106 e. The van der Waals surface area contributed by atoms with Crippen LogP contribution < -0.4 is 0 Å². The summed E-state index contributed by atoms with van der Waals surface area (Å²) in [6, 6.07) is 6.75. The van der Waals surface area contributed by atoms with Crippen molar-refractivity contribution in [2.75, 3.05) is 6.61 Å². The quantitative estimate of drug-likeness (QED) is 0.883. The average Bonchev–Trinajstić information content (AvgIpc) is 2.93. The molecule has 2 N–H and O–H groups in total. The van der Waals surface area contributed by atoms with E-state index in [1.165, 1.54) is 42.4 Å². The third-order valence-electron chi connectivity index (χ3n) is 3.86. The molecule has 1 aromatic heterocycles. The Morgan fingerprint density at radius 3 is 2.84 bits per heavy atom. The topological polar surface area (TPSA) is 48.9 Å². The first-order valence-corrected chi connectivity index (χ1v) is 7.14. The van der Waals surface area contributed by atoms with Crippen LogP contribution in [0, 0.1) is 0 Å². The van der Waals surface area contributed by atoms with Crippen LogP contribution in [0.3, 0.4) is 0 Å². The van der Waals surface area contributed by atoms with E-state index in [-0.39, 0.29) is 6.61 Å². The molecule has 0 fully saturated rings. The van der Waals surface area contributed by atoms with Crippen LogP contribution in [0.15, 0.2) is 24.4 Å². The summed E-state index contributed by atoms with van der Waals surface area (Å²) in [7, 11) is 0. The monoisotopic (exact) mass is 256 g/mol. The zero-order valence-electron chi connectivity index (χ0n) is 11.2. The molecule has 0 spiro atoms. The number of H-pyrrole nitrogens is 1. The Kier molecular flexibility index (Phi) is 3.65. The molecule has 0 amide bonds. The number of fused-ring (bicyclic) bond motifs is 1. The van der Waals surface area contributed by atoms with Crippen molar-refractivity contribution in [2.24, 2.45) is 0 Å². The van der Waals surface area contributed by atoms with Crippen LogP contribution in [0.1, 0.15) is 36.2 Å². The predicted octanol–water partition coefficient (Wildman–Crippen LogP) is 2.88. The number of nitrogens with zero attached hydrogens (tertiary/aromatic N) is 1. The highest BCUT2D eigenvalue weighted by Crippen LogP contribution is 2.26. The summed E-state index contributed by atoms with van der Waals surface area (Å²) in [4.78, 5) is 7.72. The number of aryl methyl sites for hydroxylation is 3. The largest absolute Gasteiger partial charge is 0.396 e. The van der Waals surface area contributed by atoms with Gasteiger partial charge in [-0.3, -0.25) is 0 Å². The van der Waals surface area contributed by atoms with Gasteiger partial charge in [0.2, 0.25) is 0 Å². The van der Waals surface area contributed by atoms with Crippen molar-refractivity contribution in [3.05, 3.63) is 41.3 Å². The van der Waals surface area contributed by atoms with Gasteiger partial charge in [0.05, 0.1) is 11.9 Å². The van der Waals surface area contributed by atoms with E-state index in [1.54, 1.807) is 0 Å². The Morgan fingerprint density at radius 1 is 1.16 bits per heavy atom. The molecule has 3 heteroatoms. The molecule has 1 aromatic carbocycles. The van der Waals surface area contributed by atoms with Crippen molar-refractivity contribution >= 4 is 0 Å². The van der Waals surface area contributed by atoms with Crippen molar-refractivity contribution in [3.8, 4) is 11.3 Å². The van der Waals surface area contributed by atoms with E-state index in [2.05, 4.69) is 28.2 Å². The van der Waals surface area contributed by atoms with Gasteiger partial charge in [-0.1, -0.05) is 12.1 Å². The summed E-state index contributed by atoms with van der Waals surface area (Å²) in [5.41, 5.74) is 5.31. The molecule has 0 radical (unpaired) electrons. The Balaban J connectivity index is 1.83. The molecule has 0 atom stereocenters. The number of aromatic nitrogens is 2. The van der Waals surface area contributed by atoms with Crippen LogP contribution in [-0.4, -0.2) is 21.7 Å². The molecule has 0 bridgehead atoms. The normalized spacial score (nSPS) is 14.4. The van der Waals surface area contributed by atoms with Crippen LogP contribution in [0.4, 0.5) is 0 Å². The van der Waals surface area contributed by atoms with Crippen LogP contribution in [0.25, 0.3) is 11.3 Å². The number of imidazole rings is 1. The number of aliphatic hydroxyl groups excluding tert-OH is 1. The lowest BCUT2D eigenvalue weighted by molar-refractivity contribution is 0.287. The molecule has 3 rings (SSSR count). The number of benzene rings is 1. The first-order chi connectivity index (χ1) is 9.36. The number of hydrogen-bond acceptors (Lipinski definition) is 2. The molecular weight excluding hydrogens is 236 g/mol. The van der Waals surface area contributed by atoms with E-state index in [0.29, 0.717) is 0 Å². The van der Waals surface area contributed by atoms with Gasteiger partial charge in [0.1, 0.15) is 5.82 Å². The van der Waals surface area contributed by atoms with Gasteiger partial charge in [0.25, 0.3) is 0 Å². The molecule has 0 saturated heterocycles. The molecule has 3 nitrogen and oxygen atoms in total. The van der Waals surface area contributed by atoms with Gasteiger partial charge in [-0.05, 0) is 54.9 Å².